The summed E-state index contributed by atoms with van der Waals surface area (Å²) in [6, 6.07) is 5.53. The van der Waals surface area contributed by atoms with Crippen LogP contribution in [0.5, 0.6) is 5.75 Å². The molecule has 0 radical (unpaired) electrons. The lowest BCUT2D eigenvalue weighted by molar-refractivity contribution is -0.154. The first-order valence-electron chi connectivity index (χ1n) is 6.38. The number of carboxylic acids is 1. The summed E-state index contributed by atoms with van der Waals surface area (Å²) in [6.45, 7) is 3.11. The third-order valence-electron chi connectivity index (χ3n) is 3.63. The number of carbonyl (C=O) groups excluding carboxylic acids is 1. The van der Waals surface area contributed by atoms with Crippen molar-refractivity contribution < 1.29 is 19.4 Å². The van der Waals surface area contributed by atoms with Crippen molar-refractivity contribution in [3.8, 4) is 5.75 Å². The number of hydrogen-bond donors (Lipinski definition) is 1. The Morgan fingerprint density at radius 2 is 2.05 bits per heavy atom. The van der Waals surface area contributed by atoms with Crippen LogP contribution < -0.4 is 4.74 Å². The lowest BCUT2D eigenvalue weighted by Crippen LogP contribution is -2.51. The Hall–Kier alpha value is -1.82. The average molecular weight is 354 g/mol. The largest absolute Gasteiger partial charge is 0.488 e. The maximum atomic E-state index is 12.4. The van der Waals surface area contributed by atoms with E-state index in [4.69, 9.17) is 4.74 Å². The van der Waals surface area contributed by atoms with Crippen LogP contribution in [0.15, 0.2) is 28.2 Å². The predicted octanol–water partition coefficient (Wildman–Crippen LogP) is 2.55. The van der Waals surface area contributed by atoms with Crippen LogP contribution >= 0.6 is 15.9 Å². The number of carbonyl (C=O) groups is 2. The maximum Gasteiger partial charge on any atom is 0.329 e. The number of rotatable bonds is 3. The third kappa shape index (κ3) is 2.95. The highest BCUT2D eigenvalue weighted by atomic mass is 79.9. The Kier molecular flexibility index (Phi) is 4.09. The van der Waals surface area contributed by atoms with Crippen molar-refractivity contribution in [3.63, 3.8) is 0 Å². The van der Waals surface area contributed by atoms with Gasteiger partial charge in [0.25, 0.3) is 5.91 Å². The topological polar surface area (TPSA) is 66.8 Å². The first kappa shape index (κ1) is 15.6. The molecule has 0 unspecified atom stereocenters. The first-order valence-corrected chi connectivity index (χ1v) is 7.17. The Bertz CT molecular complexity index is 637. The summed E-state index contributed by atoms with van der Waals surface area (Å²) < 4.78 is 6.43. The molecule has 0 spiro atoms. The molecular weight excluding hydrogens is 338 g/mol. The fraction of sp³-hybridized carbons (Fsp3) is 0.333. The summed E-state index contributed by atoms with van der Waals surface area (Å²) in [5, 5.41) is 9.20. The smallest absolute Gasteiger partial charge is 0.329 e. The second-order valence-electron chi connectivity index (χ2n) is 5.37. The van der Waals surface area contributed by atoms with Gasteiger partial charge in [0.2, 0.25) is 0 Å². The van der Waals surface area contributed by atoms with Crippen molar-refractivity contribution in [2.75, 3.05) is 13.7 Å². The molecule has 0 aromatic heterocycles. The molecule has 0 fully saturated rings. The zero-order chi connectivity index (χ0) is 15.8. The molecule has 1 aromatic carbocycles. The fourth-order valence-corrected chi connectivity index (χ4v) is 2.26. The van der Waals surface area contributed by atoms with E-state index in [2.05, 4.69) is 15.9 Å². The Labute approximate surface area is 131 Å². The Morgan fingerprint density at radius 1 is 1.38 bits per heavy atom. The summed E-state index contributed by atoms with van der Waals surface area (Å²) in [4.78, 5) is 24.9. The number of ether oxygens (including phenoxy) is 1. The SMILES string of the molecule is CN(C(=O)C1=Cc2cc(Br)ccc2OC1)C(C)(C)C(=O)O. The number of halogens is 1. The standard InChI is InChI=1S/C15H16BrNO4/c1-15(2,14(19)20)17(3)13(18)10-6-9-7-11(16)4-5-12(9)21-8-10/h4-7H,8H2,1-3H3,(H,19,20). The average Bonchev–Trinajstić information content (AvgIpc) is 2.44. The normalized spacial score (nSPS) is 13.8. The van der Waals surface area contributed by atoms with Crippen molar-refractivity contribution in [1.82, 2.24) is 4.90 Å². The number of fused-ring (bicyclic) bond motifs is 1. The number of benzene rings is 1. The number of hydrogen-bond acceptors (Lipinski definition) is 3. The van der Waals surface area contributed by atoms with E-state index in [1.807, 2.05) is 18.2 Å². The molecule has 0 aliphatic carbocycles. The molecule has 1 aromatic rings. The van der Waals surface area contributed by atoms with E-state index in [-0.39, 0.29) is 12.5 Å². The fourth-order valence-electron chi connectivity index (χ4n) is 1.88. The molecule has 1 heterocycles. The highest BCUT2D eigenvalue weighted by molar-refractivity contribution is 9.10. The number of amides is 1. The van der Waals surface area contributed by atoms with Gasteiger partial charge in [-0.25, -0.2) is 4.79 Å². The van der Waals surface area contributed by atoms with Crippen LogP contribution in [0.25, 0.3) is 6.08 Å². The van der Waals surface area contributed by atoms with Gasteiger partial charge in [0.1, 0.15) is 17.9 Å². The lowest BCUT2D eigenvalue weighted by Gasteiger charge is -2.32. The predicted molar refractivity (Wildman–Crippen MR) is 82.1 cm³/mol. The molecule has 112 valence electrons. The second kappa shape index (κ2) is 5.52. The molecule has 1 aliphatic heterocycles. The van der Waals surface area contributed by atoms with Gasteiger partial charge in [0.05, 0.1) is 5.57 Å². The lowest BCUT2D eigenvalue weighted by atomic mass is 10.0. The molecule has 0 atom stereocenters. The van der Waals surface area contributed by atoms with Crippen LogP contribution in [0.3, 0.4) is 0 Å². The minimum atomic E-state index is -1.28. The molecular formula is C15H16BrNO4. The zero-order valence-electron chi connectivity index (χ0n) is 12.0. The number of carboxylic acid groups (broad SMARTS) is 1. The summed E-state index contributed by atoms with van der Waals surface area (Å²) in [5.41, 5.74) is -0.0620. The quantitative estimate of drug-likeness (QED) is 0.906. The molecule has 0 saturated carbocycles. The summed E-state index contributed by atoms with van der Waals surface area (Å²) in [6.07, 6.45) is 1.74. The van der Waals surface area contributed by atoms with Crippen molar-refractivity contribution in [2.24, 2.45) is 0 Å². The zero-order valence-corrected chi connectivity index (χ0v) is 13.6. The van der Waals surface area contributed by atoms with E-state index in [0.717, 1.165) is 10.0 Å². The van der Waals surface area contributed by atoms with E-state index >= 15 is 0 Å². The summed E-state index contributed by atoms with van der Waals surface area (Å²) >= 11 is 3.37. The first-order chi connectivity index (χ1) is 9.73. The number of nitrogens with zero attached hydrogens (tertiary/aromatic N) is 1. The second-order valence-corrected chi connectivity index (χ2v) is 6.28. The molecule has 6 heteroatoms. The Balaban J connectivity index is 2.31. The molecule has 0 bridgehead atoms. The summed E-state index contributed by atoms with van der Waals surface area (Å²) in [5.74, 6) is -0.707. The van der Waals surface area contributed by atoms with Gasteiger partial charge in [0.15, 0.2) is 0 Å². The van der Waals surface area contributed by atoms with Crippen LogP contribution in [-0.4, -0.2) is 41.1 Å². The monoisotopic (exact) mass is 353 g/mol. The van der Waals surface area contributed by atoms with Crippen LogP contribution in [0.1, 0.15) is 19.4 Å². The summed E-state index contributed by atoms with van der Waals surface area (Å²) in [7, 11) is 1.48. The van der Waals surface area contributed by atoms with Gasteiger partial charge in [0, 0.05) is 17.1 Å². The van der Waals surface area contributed by atoms with E-state index in [1.165, 1.54) is 25.8 Å². The number of aliphatic carboxylic acids is 1. The molecule has 5 nitrogen and oxygen atoms in total. The van der Waals surface area contributed by atoms with Crippen LogP contribution in [-0.2, 0) is 9.59 Å². The van der Waals surface area contributed by atoms with Gasteiger partial charge in [-0.15, -0.1) is 0 Å². The van der Waals surface area contributed by atoms with Crippen molar-refractivity contribution in [2.45, 2.75) is 19.4 Å². The molecule has 1 aliphatic rings. The molecule has 0 saturated heterocycles. The van der Waals surface area contributed by atoms with E-state index < -0.39 is 11.5 Å². The minimum absolute atomic E-state index is 0.132. The third-order valence-corrected chi connectivity index (χ3v) is 4.12. The number of likely N-dealkylation sites (N-methyl/N-ethyl adjacent to an activating group) is 1. The van der Waals surface area contributed by atoms with Crippen LogP contribution in [0.2, 0.25) is 0 Å². The van der Waals surface area contributed by atoms with Crippen molar-refractivity contribution >= 4 is 33.9 Å². The van der Waals surface area contributed by atoms with Crippen molar-refractivity contribution in [1.29, 1.82) is 0 Å². The van der Waals surface area contributed by atoms with E-state index in [1.54, 1.807) is 6.08 Å². The highest BCUT2D eigenvalue weighted by Crippen LogP contribution is 2.30. The van der Waals surface area contributed by atoms with Gasteiger partial charge >= 0.3 is 5.97 Å². The molecule has 21 heavy (non-hydrogen) atoms. The molecule has 1 N–H and O–H groups in total. The highest BCUT2D eigenvalue weighted by Gasteiger charge is 2.36. The van der Waals surface area contributed by atoms with Gasteiger partial charge in [-0.2, -0.15) is 0 Å². The van der Waals surface area contributed by atoms with Crippen LogP contribution in [0.4, 0.5) is 0 Å². The van der Waals surface area contributed by atoms with Crippen molar-refractivity contribution in [3.05, 3.63) is 33.8 Å². The van der Waals surface area contributed by atoms with Gasteiger partial charge in [-0.3, -0.25) is 4.79 Å². The molecule has 2 rings (SSSR count). The van der Waals surface area contributed by atoms with Gasteiger partial charge in [-0.05, 0) is 38.1 Å². The molecule has 1 amide bonds. The Morgan fingerprint density at radius 3 is 2.67 bits per heavy atom. The van der Waals surface area contributed by atoms with E-state index in [0.29, 0.717) is 11.3 Å². The van der Waals surface area contributed by atoms with Gasteiger partial charge in [-0.1, -0.05) is 15.9 Å². The minimum Gasteiger partial charge on any atom is -0.488 e. The van der Waals surface area contributed by atoms with Gasteiger partial charge < -0.3 is 14.7 Å². The maximum absolute atomic E-state index is 12.4. The van der Waals surface area contributed by atoms with Crippen LogP contribution in [0, 0.1) is 0 Å². The van der Waals surface area contributed by atoms with E-state index in [9.17, 15) is 14.7 Å².